The molecule has 240 valence electrons. The summed E-state index contributed by atoms with van der Waals surface area (Å²) in [5, 5.41) is 0. The van der Waals surface area contributed by atoms with Gasteiger partial charge < -0.3 is 9.47 Å². The first-order valence-corrected chi connectivity index (χ1v) is 17.7. The van der Waals surface area contributed by atoms with E-state index in [9.17, 15) is 4.79 Å². The Hall–Kier alpha value is -2.91. The van der Waals surface area contributed by atoms with Gasteiger partial charge in [-0.15, -0.1) is 0 Å². The lowest BCUT2D eigenvalue weighted by Crippen LogP contribution is -2.09. The third kappa shape index (κ3) is 13.8. The lowest BCUT2D eigenvalue weighted by molar-refractivity contribution is 0.0626. The molecule has 0 aliphatic rings. The lowest BCUT2D eigenvalue weighted by Gasteiger charge is -2.14. The molecule has 0 N–H and O–H groups in total. The summed E-state index contributed by atoms with van der Waals surface area (Å²) < 4.78 is 11.7. The van der Waals surface area contributed by atoms with Gasteiger partial charge >= 0.3 is 5.97 Å². The van der Waals surface area contributed by atoms with Gasteiger partial charge in [0.25, 0.3) is 0 Å². The summed E-state index contributed by atoms with van der Waals surface area (Å²) in [4.78, 5) is 12.8. The van der Waals surface area contributed by atoms with Gasteiger partial charge in [-0.1, -0.05) is 152 Å². The molecule has 0 radical (unpaired) electrons. The molecule has 44 heavy (non-hydrogen) atoms. The fourth-order valence-electron chi connectivity index (χ4n) is 5.69. The summed E-state index contributed by atoms with van der Waals surface area (Å²) in [6, 6.07) is 24.3. The van der Waals surface area contributed by atoms with E-state index in [4.69, 9.17) is 9.47 Å². The minimum absolute atomic E-state index is 0.0111. The van der Waals surface area contributed by atoms with Crippen LogP contribution in [-0.2, 0) is 11.2 Å². The summed E-state index contributed by atoms with van der Waals surface area (Å²) in [6.07, 6.45) is 22.4. The highest BCUT2D eigenvalue weighted by Crippen LogP contribution is 2.25. The molecule has 0 saturated carbocycles. The second-order valence-corrected chi connectivity index (χ2v) is 12.4. The molecule has 0 fully saturated rings. The predicted molar refractivity (Wildman–Crippen MR) is 187 cm³/mol. The molecule has 0 aromatic heterocycles. The van der Waals surface area contributed by atoms with E-state index in [1.807, 2.05) is 48.5 Å². The average Bonchev–Trinajstić information content (AvgIpc) is 3.06. The first-order valence-electron chi connectivity index (χ1n) is 17.7. The van der Waals surface area contributed by atoms with Gasteiger partial charge in [0, 0.05) is 6.61 Å². The van der Waals surface area contributed by atoms with Crippen LogP contribution in [0.25, 0.3) is 11.1 Å². The average molecular weight is 599 g/mol. The fraction of sp³-hybridized carbons (Fsp3) is 0.537. The van der Waals surface area contributed by atoms with E-state index in [2.05, 4.69) is 45.0 Å². The molecule has 3 heteroatoms. The summed E-state index contributed by atoms with van der Waals surface area (Å²) >= 11 is 0. The van der Waals surface area contributed by atoms with Gasteiger partial charge in [0.2, 0.25) is 0 Å². The Bertz CT molecular complexity index is 1150. The topological polar surface area (TPSA) is 35.5 Å². The normalized spacial score (nSPS) is 11.9. The predicted octanol–water partition coefficient (Wildman–Crippen LogP) is 12.5. The van der Waals surface area contributed by atoms with Crippen LogP contribution in [0.5, 0.6) is 5.75 Å². The maximum Gasteiger partial charge on any atom is 0.343 e. The number of hydrogen-bond donors (Lipinski definition) is 0. The van der Waals surface area contributed by atoms with E-state index in [0.29, 0.717) is 11.3 Å². The second-order valence-electron chi connectivity index (χ2n) is 12.4. The van der Waals surface area contributed by atoms with Crippen LogP contribution in [0.15, 0.2) is 72.8 Å². The van der Waals surface area contributed by atoms with Crippen LogP contribution in [0, 0.1) is 0 Å². The van der Waals surface area contributed by atoms with E-state index >= 15 is 0 Å². The molecule has 1 unspecified atom stereocenters. The molecular weight excluding hydrogens is 540 g/mol. The van der Waals surface area contributed by atoms with Crippen LogP contribution in [0.3, 0.4) is 0 Å². The molecule has 3 aromatic rings. The molecule has 0 bridgehead atoms. The van der Waals surface area contributed by atoms with E-state index in [1.165, 1.54) is 107 Å². The Morgan fingerprint density at radius 1 is 0.568 bits per heavy atom. The second kappa shape index (κ2) is 21.7. The first kappa shape index (κ1) is 35.6. The Morgan fingerprint density at radius 2 is 1.05 bits per heavy atom. The number of carbonyl (C=O) groups is 1. The van der Waals surface area contributed by atoms with Crippen molar-refractivity contribution in [1.29, 1.82) is 0 Å². The lowest BCUT2D eigenvalue weighted by atomic mass is 10.0. The SMILES string of the molecule is CCCCCCCCCCCCc1ccc(-c2ccc(OC(=O)c3ccc(C(C)OCCCCCCCC)cc3)cc2)cc1. The fourth-order valence-corrected chi connectivity index (χ4v) is 5.69. The highest BCUT2D eigenvalue weighted by molar-refractivity contribution is 5.91. The van der Waals surface area contributed by atoms with E-state index < -0.39 is 0 Å². The van der Waals surface area contributed by atoms with Crippen LogP contribution in [0.4, 0.5) is 0 Å². The van der Waals surface area contributed by atoms with Crippen molar-refractivity contribution in [3.8, 4) is 16.9 Å². The zero-order valence-electron chi connectivity index (χ0n) is 28.0. The molecule has 0 saturated heterocycles. The maximum absolute atomic E-state index is 12.8. The highest BCUT2D eigenvalue weighted by Gasteiger charge is 2.11. The van der Waals surface area contributed by atoms with Crippen molar-refractivity contribution < 1.29 is 14.3 Å². The number of esters is 1. The third-order valence-corrected chi connectivity index (χ3v) is 8.65. The minimum atomic E-state index is -0.346. The van der Waals surface area contributed by atoms with Crippen LogP contribution in [-0.4, -0.2) is 12.6 Å². The van der Waals surface area contributed by atoms with Gasteiger partial charge in [0.1, 0.15) is 5.75 Å². The Kier molecular flexibility index (Phi) is 17.6. The van der Waals surface area contributed by atoms with Gasteiger partial charge in [-0.2, -0.15) is 0 Å². The van der Waals surface area contributed by atoms with E-state index in [1.54, 1.807) is 0 Å². The Morgan fingerprint density at radius 3 is 1.59 bits per heavy atom. The number of carbonyl (C=O) groups excluding carboxylic acids is 1. The summed E-state index contributed by atoms with van der Waals surface area (Å²) in [5.41, 5.74) is 5.32. The Balaban J connectivity index is 1.35. The molecule has 0 aliphatic carbocycles. The molecule has 3 nitrogen and oxygen atoms in total. The van der Waals surface area contributed by atoms with Crippen molar-refractivity contribution >= 4 is 5.97 Å². The smallest absolute Gasteiger partial charge is 0.343 e. The number of hydrogen-bond acceptors (Lipinski definition) is 3. The van der Waals surface area contributed by atoms with Crippen molar-refractivity contribution in [1.82, 2.24) is 0 Å². The quantitative estimate of drug-likeness (QED) is 0.0619. The molecule has 0 heterocycles. The molecule has 1 atom stereocenters. The third-order valence-electron chi connectivity index (χ3n) is 8.65. The largest absolute Gasteiger partial charge is 0.423 e. The van der Waals surface area contributed by atoms with Crippen molar-refractivity contribution in [2.75, 3.05) is 6.61 Å². The van der Waals surface area contributed by atoms with Crippen molar-refractivity contribution in [2.45, 2.75) is 136 Å². The van der Waals surface area contributed by atoms with Crippen LogP contribution in [0.1, 0.15) is 151 Å². The molecule has 0 amide bonds. The highest BCUT2D eigenvalue weighted by atomic mass is 16.5. The first-order chi connectivity index (χ1) is 21.6. The monoisotopic (exact) mass is 598 g/mol. The molecule has 3 rings (SSSR count). The molecule has 0 spiro atoms. The minimum Gasteiger partial charge on any atom is -0.423 e. The van der Waals surface area contributed by atoms with E-state index in [0.717, 1.165) is 30.6 Å². The van der Waals surface area contributed by atoms with Gasteiger partial charge in [0.15, 0.2) is 0 Å². The zero-order chi connectivity index (χ0) is 31.2. The number of benzene rings is 3. The van der Waals surface area contributed by atoms with Gasteiger partial charge in [-0.3, -0.25) is 0 Å². The zero-order valence-corrected chi connectivity index (χ0v) is 28.0. The molecule has 0 aliphatic heterocycles. The number of ether oxygens (including phenoxy) is 2. The van der Waals surface area contributed by atoms with Crippen molar-refractivity contribution in [2.24, 2.45) is 0 Å². The van der Waals surface area contributed by atoms with Gasteiger partial charge in [-0.05, 0) is 72.7 Å². The number of unbranched alkanes of at least 4 members (excludes halogenated alkanes) is 14. The van der Waals surface area contributed by atoms with E-state index in [-0.39, 0.29) is 12.1 Å². The standard InChI is InChI=1S/C41H58O3/c1-4-6-8-10-12-13-14-15-16-18-20-35-21-23-37(24-22-35)38-29-31-40(32-30-38)44-41(42)39-27-25-36(26-28-39)34(3)43-33-19-17-11-9-7-5-2/h21-32,34H,4-20,33H2,1-3H3. The van der Waals surface area contributed by atoms with Crippen LogP contribution < -0.4 is 4.74 Å². The van der Waals surface area contributed by atoms with Crippen molar-refractivity contribution in [3.63, 3.8) is 0 Å². The summed E-state index contributed by atoms with van der Waals surface area (Å²) in [5.74, 6) is 0.206. The summed E-state index contributed by atoms with van der Waals surface area (Å²) in [7, 11) is 0. The number of rotatable bonds is 23. The van der Waals surface area contributed by atoms with Crippen molar-refractivity contribution in [3.05, 3.63) is 89.5 Å². The maximum atomic E-state index is 12.8. The molecule has 3 aromatic carbocycles. The van der Waals surface area contributed by atoms with Crippen LogP contribution >= 0.6 is 0 Å². The van der Waals surface area contributed by atoms with Gasteiger partial charge in [0.05, 0.1) is 11.7 Å². The summed E-state index contributed by atoms with van der Waals surface area (Å²) in [6.45, 7) is 7.36. The molecular formula is C41H58O3. The number of aryl methyl sites for hydroxylation is 1. The Labute approximate surface area is 268 Å². The van der Waals surface area contributed by atoms with Crippen LogP contribution in [0.2, 0.25) is 0 Å². The van der Waals surface area contributed by atoms with Gasteiger partial charge in [-0.25, -0.2) is 4.79 Å².